The molecule has 0 bridgehead atoms. The van der Waals surface area contributed by atoms with Gasteiger partial charge in [-0.2, -0.15) is 0 Å². The number of likely N-dealkylation sites (N-methyl/N-ethyl adjacent to an activating group) is 1. The first-order valence-corrected chi connectivity index (χ1v) is 10.2. The fraction of sp³-hybridized carbons (Fsp3) is 0.143. The van der Waals surface area contributed by atoms with Gasteiger partial charge in [0.2, 0.25) is 0 Å². The number of amidine groups is 1. The monoisotopic (exact) mass is 474 g/mol. The number of carboxylic acids is 2. The van der Waals surface area contributed by atoms with Crippen molar-refractivity contribution < 1.29 is 34.1 Å². The quantitative estimate of drug-likeness (QED) is 0.544. The number of halogens is 1. The molecule has 0 unspecified atom stereocenters. The van der Waals surface area contributed by atoms with Gasteiger partial charge < -0.3 is 29.3 Å². The number of carboxylic acid groups (broad SMARTS) is 2. The molecule has 0 aromatic heterocycles. The Hall–Kier alpha value is -3.50. The summed E-state index contributed by atoms with van der Waals surface area (Å²) in [5.41, 5.74) is 1.02. The Labute approximate surface area is 191 Å². The van der Waals surface area contributed by atoms with Gasteiger partial charge in [0, 0.05) is 7.05 Å². The number of thioether (sulfide) groups is 1. The van der Waals surface area contributed by atoms with Crippen LogP contribution in [-0.2, 0) is 9.59 Å². The molecule has 2 aromatic rings. The fourth-order valence-corrected chi connectivity index (χ4v) is 3.94. The van der Waals surface area contributed by atoms with E-state index in [0.717, 1.165) is 11.8 Å². The van der Waals surface area contributed by atoms with Crippen LogP contribution in [-0.4, -0.2) is 48.7 Å². The average Bonchev–Trinajstić information content (AvgIpc) is 3.00. The van der Waals surface area contributed by atoms with Crippen LogP contribution in [0, 0.1) is 0 Å². The molecule has 1 aliphatic rings. The third-order valence-electron chi connectivity index (χ3n) is 4.22. The van der Waals surface area contributed by atoms with Crippen LogP contribution in [0.1, 0.15) is 15.9 Å². The minimum atomic E-state index is -1.41. The predicted octanol–water partition coefficient (Wildman–Crippen LogP) is 1.07. The van der Waals surface area contributed by atoms with E-state index in [1.165, 1.54) is 42.3 Å². The second kappa shape index (κ2) is 9.75. The first kappa shape index (κ1) is 23.2. The minimum absolute atomic E-state index is 0.0240. The second-order valence-corrected chi connectivity index (χ2v) is 7.81. The molecule has 1 amide bonds. The molecule has 0 radical (unpaired) electrons. The normalized spacial score (nSPS) is 16.0. The third-order valence-corrected chi connectivity index (χ3v) is 5.56. The number of rotatable bonds is 7. The molecule has 0 atom stereocenters. The van der Waals surface area contributed by atoms with Crippen LogP contribution in [0.25, 0.3) is 6.08 Å². The molecule has 1 aliphatic heterocycles. The van der Waals surface area contributed by atoms with Crippen molar-refractivity contribution in [3.05, 3.63) is 57.5 Å². The highest BCUT2D eigenvalue weighted by Gasteiger charge is 2.30. The van der Waals surface area contributed by atoms with E-state index in [4.69, 9.17) is 21.1 Å². The summed E-state index contributed by atoms with van der Waals surface area (Å²) in [6.45, 7) is -0.695. The van der Waals surface area contributed by atoms with Crippen LogP contribution in [0.15, 0.2) is 46.3 Å². The first-order valence-electron chi connectivity index (χ1n) is 8.97. The van der Waals surface area contributed by atoms with Gasteiger partial charge in [0.05, 0.1) is 34.7 Å². The van der Waals surface area contributed by atoms with Crippen LogP contribution in [0.3, 0.4) is 0 Å². The predicted molar refractivity (Wildman–Crippen MR) is 115 cm³/mol. The Morgan fingerprint density at radius 3 is 2.50 bits per heavy atom. The minimum Gasteiger partial charge on any atom is -0.546 e. The molecule has 1 heterocycles. The van der Waals surface area contributed by atoms with E-state index in [-0.39, 0.29) is 28.0 Å². The van der Waals surface area contributed by atoms with Crippen molar-refractivity contribution in [3.63, 3.8) is 0 Å². The number of carbonyl (C=O) groups excluding carboxylic acids is 3. The van der Waals surface area contributed by atoms with E-state index in [9.17, 15) is 24.6 Å². The van der Waals surface area contributed by atoms with Crippen molar-refractivity contribution in [1.82, 2.24) is 4.90 Å². The van der Waals surface area contributed by atoms with Crippen molar-refractivity contribution in [2.75, 3.05) is 20.8 Å². The summed E-state index contributed by atoms with van der Waals surface area (Å²) in [4.78, 5) is 40.3. The summed E-state index contributed by atoms with van der Waals surface area (Å²) in [5.74, 6) is -2.76. The SMILES string of the molecule is COc1cc(/C=C2\SC(=Nc3ccc(C(=O)[O-])cc3)N(C)C2=O)cc(Cl)c1OCC(=O)[O-]. The average molecular weight is 475 g/mol. The van der Waals surface area contributed by atoms with Gasteiger partial charge in [-0.15, -0.1) is 0 Å². The van der Waals surface area contributed by atoms with Gasteiger partial charge in [0.15, 0.2) is 16.7 Å². The van der Waals surface area contributed by atoms with Crippen molar-refractivity contribution in [3.8, 4) is 11.5 Å². The first-order chi connectivity index (χ1) is 15.2. The number of methoxy groups -OCH3 is 1. The molecular formula is C21H15ClN2O7S-2. The van der Waals surface area contributed by atoms with Crippen LogP contribution >= 0.6 is 23.4 Å². The Kier molecular flexibility index (Phi) is 7.06. The molecule has 3 rings (SSSR count). The highest BCUT2D eigenvalue weighted by Crippen LogP contribution is 2.39. The Bertz CT molecular complexity index is 1150. The molecule has 0 spiro atoms. The maximum atomic E-state index is 12.6. The Balaban J connectivity index is 1.87. The zero-order valence-corrected chi connectivity index (χ0v) is 18.4. The number of carbonyl (C=O) groups is 3. The fourth-order valence-electron chi connectivity index (χ4n) is 2.68. The number of hydrogen-bond acceptors (Lipinski definition) is 9. The summed E-state index contributed by atoms with van der Waals surface area (Å²) in [7, 11) is 2.93. The van der Waals surface area contributed by atoms with Crippen molar-refractivity contribution in [2.24, 2.45) is 4.99 Å². The highest BCUT2D eigenvalue weighted by atomic mass is 35.5. The number of nitrogens with zero attached hydrogens (tertiary/aromatic N) is 2. The van der Waals surface area contributed by atoms with Gasteiger partial charge in [-0.25, -0.2) is 4.99 Å². The summed E-state index contributed by atoms with van der Waals surface area (Å²) in [6.07, 6.45) is 1.59. The summed E-state index contributed by atoms with van der Waals surface area (Å²) in [5, 5.41) is 22.0. The van der Waals surface area contributed by atoms with E-state index < -0.39 is 18.5 Å². The summed E-state index contributed by atoms with van der Waals surface area (Å²) >= 11 is 7.32. The summed E-state index contributed by atoms with van der Waals surface area (Å²) < 4.78 is 10.3. The number of hydrogen-bond donors (Lipinski definition) is 0. The van der Waals surface area contributed by atoms with Crippen LogP contribution < -0.4 is 19.7 Å². The van der Waals surface area contributed by atoms with Crippen LogP contribution in [0.2, 0.25) is 5.02 Å². The van der Waals surface area contributed by atoms with Crippen molar-refractivity contribution in [1.29, 1.82) is 0 Å². The van der Waals surface area contributed by atoms with Gasteiger partial charge in [-0.05, 0) is 53.2 Å². The van der Waals surface area contributed by atoms with Gasteiger partial charge in [0.1, 0.15) is 6.61 Å². The molecule has 1 fully saturated rings. The molecule has 0 N–H and O–H groups in total. The maximum Gasteiger partial charge on any atom is 0.266 e. The van der Waals surface area contributed by atoms with E-state index in [0.29, 0.717) is 21.3 Å². The lowest BCUT2D eigenvalue weighted by molar-refractivity contribution is -0.307. The lowest BCUT2D eigenvalue weighted by Crippen LogP contribution is -2.29. The lowest BCUT2D eigenvalue weighted by atomic mass is 10.2. The number of ether oxygens (including phenoxy) is 2. The van der Waals surface area contributed by atoms with Crippen LogP contribution in [0.5, 0.6) is 11.5 Å². The Morgan fingerprint density at radius 2 is 1.91 bits per heavy atom. The standard InChI is InChI=1S/C21H17ClN2O7S/c1-24-19(27)16(32-21(24)23-13-5-3-12(4-6-13)20(28)29)9-11-7-14(22)18(15(8-11)30-2)31-10-17(25)26/h3-9H,10H2,1-2H3,(H,25,26)(H,28,29)/p-2/b16-9-,23-21?. The molecule has 0 saturated carbocycles. The number of benzene rings is 2. The molecule has 166 valence electrons. The zero-order valence-electron chi connectivity index (χ0n) is 16.8. The molecule has 32 heavy (non-hydrogen) atoms. The zero-order chi connectivity index (χ0) is 23.4. The largest absolute Gasteiger partial charge is 0.546 e. The van der Waals surface area contributed by atoms with Gasteiger partial charge in [-0.1, -0.05) is 23.7 Å². The van der Waals surface area contributed by atoms with E-state index in [1.54, 1.807) is 19.2 Å². The van der Waals surface area contributed by atoms with Gasteiger partial charge in [0.25, 0.3) is 5.91 Å². The smallest absolute Gasteiger partial charge is 0.266 e. The lowest BCUT2D eigenvalue weighted by Gasteiger charge is -2.13. The van der Waals surface area contributed by atoms with Crippen LogP contribution in [0.4, 0.5) is 5.69 Å². The number of aliphatic carboxylic acids is 1. The third kappa shape index (κ3) is 5.21. The number of aromatic carboxylic acids is 1. The molecule has 9 nitrogen and oxygen atoms in total. The van der Waals surface area contributed by atoms with E-state index >= 15 is 0 Å². The molecule has 2 aromatic carbocycles. The molecule has 11 heteroatoms. The second-order valence-electron chi connectivity index (χ2n) is 6.40. The maximum absolute atomic E-state index is 12.6. The van der Waals surface area contributed by atoms with E-state index in [2.05, 4.69) is 4.99 Å². The summed E-state index contributed by atoms with van der Waals surface area (Å²) in [6, 6.07) is 8.80. The van der Waals surface area contributed by atoms with Crippen molar-refractivity contribution >= 4 is 58.1 Å². The van der Waals surface area contributed by atoms with Crippen molar-refractivity contribution in [2.45, 2.75) is 0 Å². The van der Waals surface area contributed by atoms with E-state index in [1.807, 2.05) is 0 Å². The molecular weight excluding hydrogens is 460 g/mol. The van der Waals surface area contributed by atoms with Gasteiger partial charge in [-0.3, -0.25) is 9.69 Å². The van der Waals surface area contributed by atoms with Gasteiger partial charge >= 0.3 is 0 Å². The molecule has 0 aliphatic carbocycles. The highest BCUT2D eigenvalue weighted by molar-refractivity contribution is 8.18. The number of aliphatic imine (C=N–C) groups is 1. The molecule has 1 saturated heterocycles. The number of amides is 1. The Morgan fingerprint density at radius 1 is 1.22 bits per heavy atom. The topological polar surface area (TPSA) is 131 Å².